The Balaban J connectivity index is 1.50. The van der Waals surface area contributed by atoms with Crippen LogP contribution in [0.4, 0.5) is 5.13 Å². The minimum absolute atomic E-state index is 0.290. The largest absolute Gasteiger partial charge is 0.361 e. The van der Waals surface area contributed by atoms with Gasteiger partial charge in [0.25, 0.3) is 0 Å². The molecule has 0 aliphatic heterocycles. The lowest BCUT2D eigenvalue weighted by molar-refractivity contribution is -0.122. The zero-order valence-corrected chi connectivity index (χ0v) is 17.6. The Bertz CT molecular complexity index is 732. The fourth-order valence-electron chi connectivity index (χ4n) is 3.74. The molecule has 2 aromatic rings. The monoisotopic (exact) mass is 392 g/mol. The Labute approximate surface area is 163 Å². The van der Waals surface area contributed by atoms with Gasteiger partial charge in [-0.15, -0.1) is 22.7 Å². The summed E-state index contributed by atoms with van der Waals surface area (Å²) in [4.78, 5) is 23.8. The van der Waals surface area contributed by atoms with Gasteiger partial charge < -0.3 is 10.2 Å². The van der Waals surface area contributed by atoms with Gasteiger partial charge in [0.1, 0.15) is 11.4 Å². The molecule has 0 radical (unpaired) electrons. The quantitative estimate of drug-likeness (QED) is 0.693. The molecule has 1 fully saturated rings. The van der Waals surface area contributed by atoms with Gasteiger partial charge in [0.2, 0.25) is 6.41 Å². The Morgan fingerprint density at radius 3 is 2.58 bits per heavy atom. The molecule has 2 heterocycles. The summed E-state index contributed by atoms with van der Waals surface area (Å²) >= 11 is 3.37. The Kier molecular flexibility index (Phi) is 6.29. The number of amides is 1. The number of nitrogens with one attached hydrogen (secondary N) is 1. The molecular formula is C19H28N4OS2. The van der Waals surface area contributed by atoms with Crippen LogP contribution < -0.4 is 5.32 Å². The highest BCUT2D eigenvalue weighted by molar-refractivity contribution is 7.14. The van der Waals surface area contributed by atoms with Crippen LogP contribution in [0.1, 0.15) is 49.4 Å². The van der Waals surface area contributed by atoms with Crippen molar-refractivity contribution in [1.82, 2.24) is 14.9 Å². The molecule has 0 saturated heterocycles. The van der Waals surface area contributed by atoms with Gasteiger partial charge in [-0.3, -0.25) is 4.79 Å². The van der Waals surface area contributed by atoms with E-state index in [4.69, 9.17) is 4.98 Å². The predicted octanol–water partition coefficient (Wildman–Crippen LogP) is 4.72. The summed E-state index contributed by atoms with van der Waals surface area (Å²) in [7, 11) is 0. The molecule has 2 aromatic heterocycles. The second-order valence-electron chi connectivity index (χ2n) is 7.38. The Morgan fingerprint density at radius 2 is 2.00 bits per heavy atom. The summed E-state index contributed by atoms with van der Waals surface area (Å²) < 4.78 is 0. The minimum Gasteiger partial charge on any atom is -0.361 e. The summed E-state index contributed by atoms with van der Waals surface area (Å²) in [5.74, 6) is 0.655. The fraction of sp³-hybridized carbons (Fsp3) is 0.632. The molecule has 1 N–H and O–H groups in total. The topological polar surface area (TPSA) is 58.1 Å². The molecular weight excluding hydrogens is 364 g/mol. The van der Waals surface area contributed by atoms with Crippen molar-refractivity contribution in [3.8, 4) is 11.4 Å². The molecule has 1 saturated carbocycles. The number of carbonyl (C=O) groups excluding carboxylic acids is 1. The molecule has 1 amide bonds. The second-order valence-corrected chi connectivity index (χ2v) is 9.64. The van der Waals surface area contributed by atoms with Crippen LogP contribution in [0.15, 0.2) is 5.38 Å². The SMILES string of the molecule is Cc1nc(-c2csc(NC[C@H]3CC[C@H](N(C=O)C(C)C)CC3)n2)c(C)s1. The van der Waals surface area contributed by atoms with Crippen LogP contribution in [0.5, 0.6) is 0 Å². The molecule has 7 heteroatoms. The van der Waals surface area contributed by atoms with Gasteiger partial charge in [0.05, 0.1) is 5.01 Å². The van der Waals surface area contributed by atoms with Crippen molar-refractivity contribution in [1.29, 1.82) is 0 Å². The number of carbonyl (C=O) groups is 1. The van der Waals surface area contributed by atoms with Crippen molar-refractivity contribution in [3.05, 3.63) is 15.3 Å². The molecule has 0 bridgehead atoms. The van der Waals surface area contributed by atoms with E-state index >= 15 is 0 Å². The van der Waals surface area contributed by atoms with Crippen LogP contribution >= 0.6 is 22.7 Å². The number of nitrogens with zero attached hydrogens (tertiary/aromatic N) is 3. The van der Waals surface area contributed by atoms with E-state index in [1.807, 2.05) is 11.8 Å². The van der Waals surface area contributed by atoms with Crippen LogP contribution in [0.3, 0.4) is 0 Å². The van der Waals surface area contributed by atoms with Crippen LogP contribution in [0.2, 0.25) is 0 Å². The summed E-state index contributed by atoms with van der Waals surface area (Å²) in [6, 6.07) is 0.699. The summed E-state index contributed by atoms with van der Waals surface area (Å²) in [5.41, 5.74) is 1.99. The van der Waals surface area contributed by atoms with Crippen LogP contribution in [-0.2, 0) is 4.79 Å². The van der Waals surface area contributed by atoms with E-state index in [0.29, 0.717) is 18.0 Å². The molecule has 0 spiro atoms. The minimum atomic E-state index is 0.290. The van der Waals surface area contributed by atoms with Crippen molar-refractivity contribution < 1.29 is 4.79 Å². The fourth-order valence-corrected chi connectivity index (χ4v) is 5.27. The van der Waals surface area contributed by atoms with Crippen molar-refractivity contribution in [3.63, 3.8) is 0 Å². The zero-order chi connectivity index (χ0) is 18.7. The summed E-state index contributed by atoms with van der Waals surface area (Å²) in [6.07, 6.45) is 5.55. The van der Waals surface area contributed by atoms with Gasteiger partial charge in [-0.25, -0.2) is 9.97 Å². The summed E-state index contributed by atoms with van der Waals surface area (Å²) in [6.45, 7) is 9.28. The van der Waals surface area contributed by atoms with Gasteiger partial charge in [-0.2, -0.15) is 0 Å². The van der Waals surface area contributed by atoms with E-state index in [2.05, 4.69) is 36.5 Å². The average Bonchev–Trinajstić information content (AvgIpc) is 3.20. The first-order valence-electron chi connectivity index (χ1n) is 9.34. The normalized spacial score (nSPS) is 20.3. The first kappa shape index (κ1) is 19.3. The number of thiazole rings is 2. The number of aryl methyl sites for hydroxylation is 2. The first-order chi connectivity index (χ1) is 12.5. The lowest BCUT2D eigenvalue weighted by Gasteiger charge is -2.37. The Morgan fingerprint density at radius 1 is 1.27 bits per heavy atom. The smallest absolute Gasteiger partial charge is 0.210 e. The van der Waals surface area contributed by atoms with Gasteiger partial charge in [-0.1, -0.05) is 0 Å². The number of anilines is 1. The van der Waals surface area contributed by atoms with E-state index in [1.165, 1.54) is 4.88 Å². The van der Waals surface area contributed by atoms with Crippen molar-refractivity contribution in [2.45, 2.75) is 65.5 Å². The number of aromatic nitrogens is 2. The van der Waals surface area contributed by atoms with Crippen molar-refractivity contribution in [2.24, 2.45) is 5.92 Å². The summed E-state index contributed by atoms with van der Waals surface area (Å²) in [5, 5.41) is 7.66. The van der Waals surface area contributed by atoms with Crippen molar-refractivity contribution in [2.75, 3.05) is 11.9 Å². The highest BCUT2D eigenvalue weighted by Crippen LogP contribution is 2.31. The first-order valence-corrected chi connectivity index (χ1v) is 11.0. The van der Waals surface area contributed by atoms with Gasteiger partial charge in [0.15, 0.2) is 5.13 Å². The molecule has 5 nitrogen and oxygen atoms in total. The lowest BCUT2D eigenvalue weighted by atomic mass is 9.85. The molecule has 0 unspecified atom stereocenters. The molecule has 1 aliphatic rings. The van der Waals surface area contributed by atoms with Crippen molar-refractivity contribution >= 4 is 34.2 Å². The van der Waals surface area contributed by atoms with Crippen LogP contribution in [0.25, 0.3) is 11.4 Å². The molecule has 1 aliphatic carbocycles. The maximum Gasteiger partial charge on any atom is 0.210 e. The highest BCUT2D eigenvalue weighted by Gasteiger charge is 2.26. The van der Waals surface area contributed by atoms with Crippen LogP contribution in [-0.4, -0.2) is 39.9 Å². The third-order valence-corrected chi connectivity index (χ3v) is 6.83. The number of rotatable bonds is 7. The average molecular weight is 393 g/mol. The zero-order valence-electron chi connectivity index (χ0n) is 16.0. The molecule has 26 heavy (non-hydrogen) atoms. The van der Waals surface area contributed by atoms with Gasteiger partial charge >= 0.3 is 0 Å². The standard InChI is InChI=1S/C19H28N4OS2/c1-12(2)23(11-24)16-7-5-15(6-8-16)9-20-19-22-17(10-25-19)18-13(3)26-14(4)21-18/h10-12,15-16H,5-9H2,1-4H3,(H,20,22)/t15-,16-. The second kappa shape index (κ2) is 8.48. The third kappa shape index (κ3) is 4.43. The number of hydrogen-bond donors (Lipinski definition) is 1. The van der Waals surface area contributed by atoms with Gasteiger partial charge in [0, 0.05) is 28.9 Å². The van der Waals surface area contributed by atoms with E-state index in [9.17, 15) is 4.79 Å². The maximum atomic E-state index is 11.3. The maximum absolute atomic E-state index is 11.3. The molecule has 3 rings (SSSR count). The van der Waals surface area contributed by atoms with Gasteiger partial charge in [-0.05, 0) is 59.3 Å². The highest BCUT2D eigenvalue weighted by atomic mass is 32.1. The van der Waals surface area contributed by atoms with E-state index in [1.54, 1.807) is 22.7 Å². The van der Waals surface area contributed by atoms with E-state index < -0.39 is 0 Å². The molecule has 0 atom stereocenters. The number of hydrogen-bond acceptors (Lipinski definition) is 6. The molecule has 142 valence electrons. The van der Waals surface area contributed by atoms with E-state index in [0.717, 1.165) is 60.2 Å². The van der Waals surface area contributed by atoms with Crippen LogP contribution in [0, 0.1) is 19.8 Å². The predicted molar refractivity (Wildman–Crippen MR) is 110 cm³/mol. The lowest BCUT2D eigenvalue weighted by Crippen LogP contribution is -2.42. The van der Waals surface area contributed by atoms with E-state index in [-0.39, 0.29) is 0 Å². The Hall–Kier alpha value is -1.47. The molecule has 0 aromatic carbocycles. The third-order valence-electron chi connectivity index (χ3n) is 5.15.